The van der Waals surface area contributed by atoms with Crippen molar-refractivity contribution in [2.75, 3.05) is 11.4 Å². The molecule has 4 heteroatoms. The minimum atomic E-state index is -0.803. The maximum absolute atomic E-state index is 10.6. The van der Waals surface area contributed by atoms with Gasteiger partial charge >= 0.3 is 5.97 Å². The number of carboxylic acid groups (broad SMARTS) is 1. The molecule has 0 saturated carbocycles. The minimum absolute atomic E-state index is 0. The molecule has 0 bridgehead atoms. The summed E-state index contributed by atoms with van der Waals surface area (Å²) in [7, 11) is 0. The lowest BCUT2D eigenvalue weighted by molar-refractivity contribution is -0.135. The summed E-state index contributed by atoms with van der Waals surface area (Å²) in [6, 6.07) is 9.77. The molecule has 0 fully saturated rings. The first-order chi connectivity index (χ1) is 6.61. The second-order valence-corrected chi connectivity index (χ2v) is 3.45. The molecule has 0 heterocycles. The van der Waals surface area contributed by atoms with Gasteiger partial charge in [0.15, 0.2) is 0 Å². The normalized spacial score (nSPS) is 9.53. The van der Waals surface area contributed by atoms with Gasteiger partial charge < -0.3 is 10.0 Å². The lowest BCUT2D eigenvalue weighted by Gasteiger charge is -2.26. The molecule has 0 spiro atoms. The van der Waals surface area contributed by atoms with Gasteiger partial charge in [-0.15, -0.1) is 12.4 Å². The predicted octanol–water partition coefficient (Wildman–Crippen LogP) is 2.41. The number of para-hydroxylation sites is 1. The van der Waals surface area contributed by atoms with Crippen LogP contribution in [0.15, 0.2) is 30.3 Å². The van der Waals surface area contributed by atoms with Crippen LogP contribution in [0.5, 0.6) is 0 Å². The van der Waals surface area contributed by atoms with E-state index in [4.69, 9.17) is 5.11 Å². The zero-order chi connectivity index (χ0) is 10.6. The quantitative estimate of drug-likeness (QED) is 0.862. The number of halogens is 1. The number of aliphatic carboxylic acids is 1. The predicted molar refractivity (Wildman–Crippen MR) is 63.8 cm³/mol. The Morgan fingerprint density at radius 2 is 1.87 bits per heavy atom. The Balaban J connectivity index is 0.00000196. The summed E-state index contributed by atoms with van der Waals surface area (Å²) in [6.07, 6.45) is 0. The van der Waals surface area contributed by atoms with Crippen LogP contribution in [0.3, 0.4) is 0 Å². The molecule has 3 nitrogen and oxygen atoms in total. The topological polar surface area (TPSA) is 40.5 Å². The van der Waals surface area contributed by atoms with E-state index in [1.807, 2.05) is 49.1 Å². The van der Waals surface area contributed by atoms with Gasteiger partial charge in [0.05, 0.1) is 0 Å². The van der Waals surface area contributed by atoms with Crippen molar-refractivity contribution >= 4 is 24.1 Å². The Kier molecular flexibility index (Phi) is 5.79. The van der Waals surface area contributed by atoms with E-state index >= 15 is 0 Å². The van der Waals surface area contributed by atoms with Crippen molar-refractivity contribution in [1.82, 2.24) is 0 Å². The van der Waals surface area contributed by atoms with Gasteiger partial charge in [-0.2, -0.15) is 0 Å². The van der Waals surface area contributed by atoms with Crippen molar-refractivity contribution in [3.05, 3.63) is 30.3 Å². The van der Waals surface area contributed by atoms with Crippen LogP contribution in [0.25, 0.3) is 0 Å². The Morgan fingerprint density at radius 3 is 2.27 bits per heavy atom. The number of rotatable bonds is 4. The molecule has 15 heavy (non-hydrogen) atoms. The molecule has 0 saturated heterocycles. The number of nitrogens with zero attached hydrogens (tertiary/aromatic N) is 1. The SMILES string of the molecule is CC(C)N(CC(=O)O)c1ccccc1.Cl. The number of hydrogen-bond donors (Lipinski definition) is 1. The first kappa shape index (κ1) is 13.8. The second kappa shape index (κ2) is 6.30. The summed E-state index contributed by atoms with van der Waals surface area (Å²) in [5.74, 6) is -0.803. The van der Waals surface area contributed by atoms with Crippen LogP contribution < -0.4 is 4.90 Å². The van der Waals surface area contributed by atoms with Crippen LogP contribution in [0.1, 0.15) is 13.8 Å². The van der Waals surface area contributed by atoms with Gasteiger partial charge in [0.1, 0.15) is 6.54 Å². The molecule has 1 N–H and O–H groups in total. The third-order valence-corrected chi connectivity index (χ3v) is 2.02. The average Bonchev–Trinajstić information content (AvgIpc) is 2.15. The first-order valence-corrected chi connectivity index (χ1v) is 4.64. The van der Waals surface area contributed by atoms with E-state index in [2.05, 4.69) is 0 Å². The number of anilines is 1. The van der Waals surface area contributed by atoms with Crippen LogP contribution in [0.4, 0.5) is 5.69 Å². The van der Waals surface area contributed by atoms with Gasteiger partial charge in [0.25, 0.3) is 0 Å². The molecule has 0 aliphatic carbocycles. The molecular formula is C11H16ClNO2. The summed E-state index contributed by atoms with van der Waals surface area (Å²) in [5, 5.41) is 8.75. The Labute approximate surface area is 96.1 Å². The maximum atomic E-state index is 10.6. The Morgan fingerprint density at radius 1 is 1.33 bits per heavy atom. The largest absolute Gasteiger partial charge is 0.480 e. The third-order valence-electron chi connectivity index (χ3n) is 2.02. The summed E-state index contributed by atoms with van der Waals surface area (Å²) in [6.45, 7) is 4.01. The van der Waals surface area contributed by atoms with E-state index in [0.717, 1.165) is 5.69 Å². The number of carboxylic acids is 1. The van der Waals surface area contributed by atoms with Gasteiger partial charge in [0.2, 0.25) is 0 Å². The van der Waals surface area contributed by atoms with Crippen LogP contribution in [-0.4, -0.2) is 23.7 Å². The highest BCUT2D eigenvalue weighted by atomic mass is 35.5. The van der Waals surface area contributed by atoms with Crippen molar-refractivity contribution in [2.45, 2.75) is 19.9 Å². The second-order valence-electron chi connectivity index (χ2n) is 3.45. The third kappa shape index (κ3) is 4.21. The molecule has 0 atom stereocenters. The monoisotopic (exact) mass is 229 g/mol. The van der Waals surface area contributed by atoms with Crippen molar-refractivity contribution in [1.29, 1.82) is 0 Å². The first-order valence-electron chi connectivity index (χ1n) is 4.64. The molecular weight excluding hydrogens is 214 g/mol. The van der Waals surface area contributed by atoms with Crippen LogP contribution in [0, 0.1) is 0 Å². The fraction of sp³-hybridized carbons (Fsp3) is 0.364. The highest BCUT2D eigenvalue weighted by Gasteiger charge is 2.12. The van der Waals surface area contributed by atoms with E-state index in [1.165, 1.54) is 0 Å². The Hall–Kier alpha value is -1.22. The van der Waals surface area contributed by atoms with Gasteiger partial charge in [-0.05, 0) is 26.0 Å². The molecule has 0 aliphatic rings. The highest BCUT2D eigenvalue weighted by molar-refractivity contribution is 5.85. The summed E-state index contributed by atoms with van der Waals surface area (Å²) in [4.78, 5) is 12.5. The van der Waals surface area contributed by atoms with Crippen LogP contribution >= 0.6 is 12.4 Å². The number of hydrogen-bond acceptors (Lipinski definition) is 2. The molecule has 0 unspecified atom stereocenters. The summed E-state index contributed by atoms with van der Waals surface area (Å²) < 4.78 is 0. The van der Waals surface area contributed by atoms with Gasteiger partial charge in [0, 0.05) is 11.7 Å². The van der Waals surface area contributed by atoms with Crippen molar-refractivity contribution in [2.24, 2.45) is 0 Å². The van der Waals surface area contributed by atoms with Crippen LogP contribution in [0.2, 0.25) is 0 Å². The van der Waals surface area contributed by atoms with Crippen molar-refractivity contribution < 1.29 is 9.90 Å². The number of carbonyl (C=O) groups is 1. The van der Waals surface area contributed by atoms with Crippen molar-refractivity contribution in [3.8, 4) is 0 Å². The zero-order valence-electron chi connectivity index (χ0n) is 8.88. The maximum Gasteiger partial charge on any atom is 0.323 e. The molecule has 0 amide bonds. The molecule has 0 aliphatic heterocycles. The van der Waals surface area contributed by atoms with E-state index < -0.39 is 5.97 Å². The van der Waals surface area contributed by atoms with E-state index in [0.29, 0.717) is 0 Å². The lowest BCUT2D eigenvalue weighted by Crippen LogP contribution is -2.35. The zero-order valence-corrected chi connectivity index (χ0v) is 9.70. The molecule has 1 rings (SSSR count). The summed E-state index contributed by atoms with van der Waals surface area (Å²) in [5.41, 5.74) is 0.949. The fourth-order valence-electron chi connectivity index (χ4n) is 1.34. The molecule has 0 aromatic heterocycles. The van der Waals surface area contributed by atoms with E-state index in [1.54, 1.807) is 0 Å². The number of benzene rings is 1. The van der Waals surface area contributed by atoms with Gasteiger partial charge in [-0.3, -0.25) is 4.79 Å². The average molecular weight is 230 g/mol. The van der Waals surface area contributed by atoms with Gasteiger partial charge in [-0.1, -0.05) is 18.2 Å². The molecule has 84 valence electrons. The Bertz CT molecular complexity index is 301. The highest BCUT2D eigenvalue weighted by Crippen LogP contribution is 2.15. The molecule has 1 aromatic carbocycles. The molecule has 1 aromatic rings. The standard InChI is InChI=1S/C11H15NO2.ClH/c1-9(2)12(8-11(13)14)10-6-4-3-5-7-10;/h3-7,9H,8H2,1-2H3,(H,13,14);1H. The van der Waals surface area contributed by atoms with E-state index in [-0.39, 0.29) is 25.0 Å². The van der Waals surface area contributed by atoms with Crippen LogP contribution in [-0.2, 0) is 4.79 Å². The fourth-order valence-corrected chi connectivity index (χ4v) is 1.34. The molecule has 0 radical (unpaired) electrons. The van der Waals surface area contributed by atoms with E-state index in [9.17, 15) is 4.79 Å². The van der Waals surface area contributed by atoms with Crippen molar-refractivity contribution in [3.63, 3.8) is 0 Å². The minimum Gasteiger partial charge on any atom is -0.480 e. The summed E-state index contributed by atoms with van der Waals surface area (Å²) >= 11 is 0. The smallest absolute Gasteiger partial charge is 0.323 e. The lowest BCUT2D eigenvalue weighted by atomic mass is 10.2. The van der Waals surface area contributed by atoms with Gasteiger partial charge in [-0.25, -0.2) is 0 Å².